The van der Waals surface area contributed by atoms with E-state index in [9.17, 15) is 4.39 Å². The lowest BCUT2D eigenvalue weighted by atomic mass is 9.94. The van der Waals surface area contributed by atoms with Gasteiger partial charge in [-0.3, -0.25) is 4.98 Å². The van der Waals surface area contributed by atoms with Gasteiger partial charge in [-0.1, -0.05) is 35.9 Å². The summed E-state index contributed by atoms with van der Waals surface area (Å²) < 4.78 is 46.7. The second kappa shape index (κ2) is 9.37. The van der Waals surface area contributed by atoms with Gasteiger partial charge in [-0.05, 0) is 44.8 Å². The van der Waals surface area contributed by atoms with Crippen LogP contribution in [0.25, 0.3) is 32.9 Å². The summed E-state index contributed by atoms with van der Waals surface area (Å²) in [6.07, 6.45) is 3.88. The Morgan fingerprint density at radius 2 is 2.02 bits per heavy atom. The molecule has 4 aromatic rings. The zero-order chi connectivity index (χ0) is 28.9. The van der Waals surface area contributed by atoms with Crippen LogP contribution < -0.4 is 19.9 Å². The fourth-order valence-electron chi connectivity index (χ4n) is 7.32. The maximum absolute atomic E-state index is 16.7. The van der Waals surface area contributed by atoms with E-state index in [1.54, 1.807) is 24.4 Å². The number of anilines is 2. The number of aromatic nitrogens is 2. The second-order valence-electron chi connectivity index (χ2n) is 11.7. The Labute approximate surface area is 243 Å². The summed E-state index contributed by atoms with van der Waals surface area (Å²) in [4.78, 5) is 16.3. The molecular formula is C31H31ClF2N6O. The monoisotopic (exact) mass is 577 g/mol. The molecule has 2 saturated heterocycles. The van der Waals surface area contributed by atoms with Crippen LogP contribution in [-0.4, -0.2) is 78.8 Å². The van der Waals surface area contributed by atoms with Gasteiger partial charge in [0.2, 0.25) is 5.88 Å². The van der Waals surface area contributed by atoms with Gasteiger partial charge in [-0.15, -0.1) is 0 Å². The summed E-state index contributed by atoms with van der Waals surface area (Å²) >= 11 is 6.40. The number of hydrogen-bond donors (Lipinski definition) is 1. The molecule has 6 heterocycles. The summed E-state index contributed by atoms with van der Waals surface area (Å²) in [7, 11) is 2.17. The van der Waals surface area contributed by atoms with Crippen molar-refractivity contribution in [1.82, 2.24) is 20.2 Å². The molecule has 41 heavy (non-hydrogen) atoms. The number of likely N-dealkylation sites (N-methyl/N-ethyl adjacent to an activating group) is 1. The van der Waals surface area contributed by atoms with E-state index in [4.69, 9.17) is 22.7 Å². The topological polar surface area (TPSA) is 56.8 Å². The molecule has 2 aromatic heterocycles. The molecule has 2 aromatic carbocycles. The standard InChI is InChI=1S/C31H31ClF2N6O/c1-16-13-39-18(11-35-16)14-40-23(22-7-4-10-38(22)2)15-41-31-30(40)29(39)20-12-36-27(26(34)28(20)37-31)19-6-3-5-17-8-9-21(33)25(32)24(17)19/h3,5-6,8-9,12,16,18,22-23,35H,4,7,10-11,13-15H2,1-2H3/t16-,18-,22+,23+/m1/s1/i13D/t13?,16-,18-,22+,23+. The molecular weight excluding hydrogens is 546 g/mol. The molecule has 0 amide bonds. The van der Waals surface area contributed by atoms with Crippen LogP contribution in [0.1, 0.15) is 21.1 Å². The average Bonchev–Trinajstić information content (AvgIpc) is 3.42. The van der Waals surface area contributed by atoms with E-state index in [1.807, 2.05) is 13.0 Å². The first-order valence-corrected chi connectivity index (χ1v) is 14.6. The number of likely N-dealkylation sites (tertiary alicyclic amines) is 1. The van der Waals surface area contributed by atoms with Gasteiger partial charge in [0.05, 0.1) is 24.2 Å². The maximum Gasteiger partial charge on any atom is 0.240 e. The molecule has 1 N–H and O–H groups in total. The first-order valence-electron chi connectivity index (χ1n) is 14.8. The van der Waals surface area contributed by atoms with E-state index < -0.39 is 18.2 Å². The third kappa shape index (κ3) is 3.75. The van der Waals surface area contributed by atoms with Gasteiger partial charge < -0.3 is 24.8 Å². The van der Waals surface area contributed by atoms with Crippen molar-refractivity contribution >= 4 is 44.7 Å². The van der Waals surface area contributed by atoms with Crippen LogP contribution in [0, 0.1) is 11.6 Å². The molecule has 0 spiro atoms. The van der Waals surface area contributed by atoms with Gasteiger partial charge in [0, 0.05) is 54.2 Å². The van der Waals surface area contributed by atoms with E-state index in [-0.39, 0.29) is 34.4 Å². The molecule has 2 fully saturated rings. The molecule has 5 atom stereocenters. The van der Waals surface area contributed by atoms with Gasteiger partial charge in [0.25, 0.3) is 0 Å². The van der Waals surface area contributed by atoms with E-state index in [0.717, 1.165) is 37.3 Å². The van der Waals surface area contributed by atoms with Gasteiger partial charge in [0.1, 0.15) is 29.3 Å². The van der Waals surface area contributed by atoms with Crippen molar-refractivity contribution in [3.05, 3.63) is 53.2 Å². The molecule has 0 aliphatic carbocycles. The molecule has 10 heteroatoms. The highest BCUT2D eigenvalue weighted by Crippen LogP contribution is 2.51. The predicted molar refractivity (Wildman–Crippen MR) is 158 cm³/mol. The zero-order valence-corrected chi connectivity index (χ0v) is 23.6. The first kappa shape index (κ1) is 24.3. The number of nitrogens with zero attached hydrogens (tertiary/aromatic N) is 5. The number of hydrogen-bond acceptors (Lipinski definition) is 7. The Morgan fingerprint density at radius 3 is 2.85 bits per heavy atom. The Hall–Kier alpha value is -3.27. The van der Waals surface area contributed by atoms with Crippen LogP contribution in [0.4, 0.5) is 20.2 Å². The van der Waals surface area contributed by atoms with Crippen molar-refractivity contribution in [3.8, 4) is 17.1 Å². The molecule has 0 bridgehead atoms. The fourth-order valence-corrected chi connectivity index (χ4v) is 7.59. The van der Waals surface area contributed by atoms with Crippen molar-refractivity contribution in [3.63, 3.8) is 0 Å². The third-order valence-electron chi connectivity index (χ3n) is 9.30. The summed E-state index contributed by atoms with van der Waals surface area (Å²) in [5, 5.41) is 5.05. The number of halogens is 3. The largest absolute Gasteiger partial charge is 0.474 e. The molecule has 7 nitrogen and oxygen atoms in total. The van der Waals surface area contributed by atoms with E-state index >= 15 is 4.39 Å². The van der Waals surface area contributed by atoms with Crippen LogP contribution in [0.15, 0.2) is 36.5 Å². The summed E-state index contributed by atoms with van der Waals surface area (Å²) in [6, 6.07) is 8.60. The van der Waals surface area contributed by atoms with Crippen LogP contribution in [0.2, 0.25) is 5.02 Å². The Kier molecular flexibility index (Phi) is 5.56. The van der Waals surface area contributed by atoms with Gasteiger partial charge in [0.15, 0.2) is 5.82 Å². The predicted octanol–water partition coefficient (Wildman–Crippen LogP) is 5.22. The lowest BCUT2D eigenvalue weighted by Crippen LogP contribution is -2.65. The lowest BCUT2D eigenvalue weighted by Gasteiger charge is -2.53. The number of nitrogens with one attached hydrogen (secondary N) is 1. The summed E-state index contributed by atoms with van der Waals surface area (Å²) in [5.74, 6) is -0.825. The highest BCUT2D eigenvalue weighted by atomic mass is 35.5. The average molecular weight is 578 g/mol. The van der Waals surface area contributed by atoms with Crippen LogP contribution in [-0.2, 0) is 0 Å². The minimum atomic E-state index is -0.626. The summed E-state index contributed by atoms with van der Waals surface area (Å²) in [6.45, 7) is 4.37. The Balaban J connectivity index is 1.37. The Bertz CT molecular complexity index is 1760. The number of piperazine rings is 1. The van der Waals surface area contributed by atoms with Gasteiger partial charge >= 0.3 is 0 Å². The second-order valence-corrected chi connectivity index (χ2v) is 12.1. The SMILES string of the molecule is [2H]C1[C@@H](C)NC[C@@H]2CN3c4c(nc5c(F)c(-c6cccc7ccc(F)c(Cl)c67)ncc5c4N12)OC[C@H]3[C@@H]1CCCN1C. The number of fused-ring (bicyclic) bond motifs is 5. The molecule has 0 radical (unpaired) electrons. The molecule has 0 saturated carbocycles. The van der Waals surface area contributed by atoms with Crippen LogP contribution in [0.3, 0.4) is 0 Å². The molecule has 1 unspecified atom stereocenters. The molecule has 212 valence electrons. The number of benzene rings is 2. The van der Waals surface area contributed by atoms with Crippen LogP contribution >= 0.6 is 11.6 Å². The minimum absolute atomic E-state index is 0.0181. The third-order valence-corrected chi connectivity index (χ3v) is 9.67. The van der Waals surface area contributed by atoms with Crippen LogP contribution in [0.5, 0.6) is 5.88 Å². The van der Waals surface area contributed by atoms with Crippen molar-refractivity contribution in [1.29, 1.82) is 0 Å². The highest BCUT2D eigenvalue weighted by Gasteiger charge is 2.46. The number of pyridine rings is 2. The van der Waals surface area contributed by atoms with E-state index in [1.165, 1.54) is 6.07 Å². The molecule has 4 aliphatic rings. The van der Waals surface area contributed by atoms with Crippen molar-refractivity contribution in [2.75, 3.05) is 49.6 Å². The first-order chi connectivity index (χ1) is 20.3. The lowest BCUT2D eigenvalue weighted by molar-refractivity contribution is 0.174. The fraction of sp³-hybridized carbons (Fsp3) is 0.419. The van der Waals surface area contributed by atoms with E-state index in [0.29, 0.717) is 46.8 Å². The van der Waals surface area contributed by atoms with Crippen molar-refractivity contribution < 1.29 is 14.9 Å². The normalized spacial score (nSPS) is 28.0. The van der Waals surface area contributed by atoms with Crippen molar-refractivity contribution in [2.45, 2.75) is 43.9 Å². The number of ether oxygens (including phenoxy) is 1. The maximum atomic E-state index is 16.7. The van der Waals surface area contributed by atoms with Gasteiger partial charge in [-0.25, -0.2) is 13.8 Å². The minimum Gasteiger partial charge on any atom is -0.474 e. The summed E-state index contributed by atoms with van der Waals surface area (Å²) in [5.41, 5.74) is 2.13. The number of rotatable bonds is 2. The molecule has 8 rings (SSSR count). The zero-order valence-electron chi connectivity index (χ0n) is 23.9. The Morgan fingerprint density at radius 1 is 1.15 bits per heavy atom. The highest BCUT2D eigenvalue weighted by molar-refractivity contribution is 6.36. The van der Waals surface area contributed by atoms with Gasteiger partial charge in [-0.2, -0.15) is 0 Å². The smallest absolute Gasteiger partial charge is 0.240 e. The van der Waals surface area contributed by atoms with Crippen molar-refractivity contribution in [2.24, 2.45) is 0 Å². The quantitative estimate of drug-likeness (QED) is 0.350. The molecule has 4 aliphatic heterocycles. The van der Waals surface area contributed by atoms with E-state index in [2.05, 4.69) is 32.0 Å².